The highest BCUT2D eigenvalue weighted by molar-refractivity contribution is 4.96. The molecular formula is C11H19NO2. The van der Waals surface area contributed by atoms with Gasteiger partial charge in [-0.3, -0.25) is 4.90 Å². The van der Waals surface area contributed by atoms with E-state index in [-0.39, 0.29) is 0 Å². The molecule has 3 nitrogen and oxygen atoms in total. The molecule has 0 aromatic carbocycles. The third-order valence-electron chi connectivity index (χ3n) is 3.13. The fraction of sp³-hybridized carbons (Fsp3) is 0.818. The predicted octanol–water partition coefficient (Wildman–Crippen LogP) is 1.26. The van der Waals surface area contributed by atoms with Gasteiger partial charge < -0.3 is 9.47 Å². The number of rotatable bonds is 5. The summed E-state index contributed by atoms with van der Waals surface area (Å²) < 4.78 is 10.6. The molecule has 0 aromatic heterocycles. The third-order valence-corrected chi connectivity index (χ3v) is 3.13. The molecule has 2 fully saturated rings. The summed E-state index contributed by atoms with van der Waals surface area (Å²) in [6.07, 6.45) is 4.16. The minimum Gasteiger partial charge on any atom is -0.501 e. The van der Waals surface area contributed by atoms with Crippen LogP contribution in [0.4, 0.5) is 0 Å². The number of morpholine rings is 1. The van der Waals surface area contributed by atoms with Crippen LogP contribution in [0.5, 0.6) is 0 Å². The Kier molecular flexibility index (Phi) is 3.08. The van der Waals surface area contributed by atoms with Gasteiger partial charge in [-0.1, -0.05) is 6.58 Å². The van der Waals surface area contributed by atoms with Crippen LogP contribution >= 0.6 is 0 Å². The van der Waals surface area contributed by atoms with Crippen molar-refractivity contribution in [3.8, 4) is 0 Å². The molecular weight excluding hydrogens is 178 g/mol. The van der Waals surface area contributed by atoms with Crippen LogP contribution in [0.2, 0.25) is 0 Å². The molecule has 1 saturated heterocycles. The first-order valence-electron chi connectivity index (χ1n) is 5.37. The Morgan fingerprint density at radius 1 is 1.36 bits per heavy atom. The van der Waals surface area contributed by atoms with Crippen molar-refractivity contribution < 1.29 is 9.47 Å². The molecule has 0 atom stereocenters. The maximum atomic E-state index is 5.33. The first kappa shape index (κ1) is 9.99. The van der Waals surface area contributed by atoms with Crippen molar-refractivity contribution in [1.82, 2.24) is 4.90 Å². The van der Waals surface area contributed by atoms with Crippen molar-refractivity contribution in [3.05, 3.63) is 12.8 Å². The molecule has 2 rings (SSSR count). The van der Waals surface area contributed by atoms with Crippen LogP contribution in [-0.4, -0.2) is 44.4 Å². The van der Waals surface area contributed by atoms with Crippen LogP contribution < -0.4 is 0 Å². The third kappa shape index (κ3) is 2.49. The zero-order valence-electron chi connectivity index (χ0n) is 8.71. The van der Waals surface area contributed by atoms with Gasteiger partial charge in [-0.25, -0.2) is 0 Å². The van der Waals surface area contributed by atoms with E-state index in [0.717, 1.165) is 32.9 Å². The lowest BCUT2D eigenvalue weighted by Crippen LogP contribution is -2.40. The average Bonchev–Trinajstić information content (AvgIpc) is 2.97. The highest BCUT2D eigenvalue weighted by atomic mass is 16.5. The minimum absolute atomic E-state index is 0.436. The first-order valence-corrected chi connectivity index (χ1v) is 5.37. The summed E-state index contributed by atoms with van der Waals surface area (Å²) in [6.45, 7) is 9.53. The van der Waals surface area contributed by atoms with E-state index in [2.05, 4.69) is 11.5 Å². The zero-order valence-corrected chi connectivity index (χ0v) is 8.71. The van der Waals surface area contributed by atoms with Crippen molar-refractivity contribution in [2.45, 2.75) is 12.8 Å². The van der Waals surface area contributed by atoms with Gasteiger partial charge in [-0.05, 0) is 12.8 Å². The minimum atomic E-state index is 0.436. The summed E-state index contributed by atoms with van der Waals surface area (Å²) in [5.74, 6) is 0. The fourth-order valence-corrected chi connectivity index (χ4v) is 1.99. The Hall–Kier alpha value is -0.540. The molecule has 1 heterocycles. The second kappa shape index (κ2) is 4.32. The predicted molar refractivity (Wildman–Crippen MR) is 55.1 cm³/mol. The summed E-state index contributed by atoms with van der Waals surface area (Å²) in [5, 5.41) is 0. The van der Waals surface area contributed by atoms with E-state index in [1.807, 2.05) is 0 Å². The smallest absolute Gasteiger partial charge is 0.0941 e. The molecule has 0 amide bonds. The first-order chi connectivity index (χ1) is 6.85. The van der Waals surface area contributed by atoms with Crippen LogP contribution in [0, 0.1) is 5.41 Å². The van der Waals surface area contributed by atoms with Crippen molar-refractivity contribution in [3.63, 3.8) is 0 Å². The number of hydrogen-bond acceptors (Lipinski definition) is 3. The lowest BCUT2D eigenvalue weighted by atomic mass is 10.1. The summed E-state index contributed by atoms with van der Waals surface area (Å²) >= 11 is 0. The van der Waals surface area contributed by atoms with Crippen LogP contribution in [0.3, 0.4) is 0 Å². The Labute approximate surface area is 85.7 Å². The van der Waals surface area contributed by atoms with Gasteiger partial charge in [0.15, 0.2) is 0 Å². The Bertz CT molecular complexity index is 195. The van der Waals surface area contributed by atoms with Gasteiger partial charge in [0.2, 0.25) is 0 Å². The topological polar surface area (TPSA) is 21.7 Å². The van der Waals surface area contributed by atoms with Crippen LogP contribution in [-0.2, 0) is 9.47 Å². The van der Waals surface area contributed by atoms with E-state index in [1.165, 1.54) is 19.4 Å². The van der Waals surface area contributed by atoms with Crippen molar-refractivity contribution >= 4 is 0 Å². The molecule has 0 bridgehead atoms. The van der Waals surface area contributed by atoms with Gasteiger partial charge in [0, 0.05) is 25.0 Å². The molecule has 0 aromatic rings. The quantitative estimate of drug-likeness (QED) is 0.619. The molecule has 3 heteroatoms. The molecule has 0 spiro atoms. The van der Waals surface area contributed by atoms with Gasteiger partial charge in [-0.2, -0.15) is 0 Å². The monoisotopic (exact) mass is 197 g/mol. The molecule has 80 valence electrons. The summed E-state index contributed by atoms with van der Waals surface area (Å²) in [6, 6.07) is 0. The maximum Gasteiger partial charge on any atom is 0.0941 e. The molecule has 0 unspecified atom stereocenters. The second-order valence-corrected chi connectivity index (χ2v) is 4.37. The van der Waals surface area contributed by atoms with Crippen molar-refractivity contribution in [2.24, 2.45) is 5.41 Å². The maximum absolute atomic E-state index is 5.33. The largest absolute Gasteiger partial charge is 0.501 e. The standard InChI is InChI=1S/C11H19NO2/c1-2-13-10-11(3-4-11)9-12-5-7-14-8-6-12/h2H,1,3-10H2. The summed E-state index contributed by atoms with van der Waals surface area (Å²) in [7, 11) is 0. The Morgan fingerprint density at radius 3 is 2.64 bits per heavy atom. The molecule has 1 aliphatic heterocycles. The lowest BCUT2D eigenvalue weighted by molar-refractivity contribution is 0.0211. The van der Waals surface area contributed by atoms with E-state index in [0.29, 0.717) is 5.41 Å². The zero-order chi connectivity index (χ0) is 9.86. The highest BCUT2D eigenvalue weighted by Crippen LogP contribution is 2.46. The highest BCUT2D eigenvalue weighted by Gasteiger charge is 2.44. The molecule has 1 aliphatic carbocycles. The van der Waals surface area contributed by atoms with Crippen molar-refractivity contribution in [2.75, 3.05) is 39.5 Å². The number of hydrogen-bond donors (Lipinski definition) is 0. The van der Waals surface area contributed by atoms with E-state index in [4.69, 9.17) is 9.47 Å². The number of ether oxygens (including phenoxy) is 2. The van der Waals surface area contributed by atoms with Crippen LogP contribution in [0.1, 0.15) is 12.8 Å². The van der Waals surface area contributed by atoms with Crippen LogP contribution in [0.15, 0.2) is 12.8 Å². The van der Waals surface area contributed by atoms with E-state index >= 15 is 0 Å². The van der Waals surface area contributed by atoms with E-state index < -0.39 is 0 Å². The molecule has 0 radical (unpaired) electrons. The van der Waals surface area contributed by atoms with E-state index in [1.54, 1.807) is 6.26 Å². The second-order valence-electron chi connectivity index (χ2n) is 4.37. The van der Waals surface area contributed by atoms with Crippen molar-refractivity contribution in [1.29, 1.82) is 0 Å². The SMILES string of the molecule is C=COCC1(CN2CCOCC2)CC1. The fourth-order valence-electron chi connectivity index (χ4n) is 1.99. The van der Waals surface area contributed by atoms with Gasteiger partial charge in [-0.15, -0.1) is 0 Å². The van der Waals surface area contributed by atoms with Crippen LogP contribution in [0.25, 0.3) is 0 Å². The summed E-state index contributed by atoms with van der Waals surface area (Å²) in [4.78, 5) is 2.49. The summed E-state index contributed by atoms with van der Waals surface area (Å²) in [5.41, 5.74) is 0.436. The van der Waals surface area contributed by atoms with E-state index in [9.17, 15) is 0 Å². The molecule has 2 aliphatic rings. The molecule has 14 heavy (non-hydrogen) atoms. The Morgan fingerprint density at radius 2 is 2.07 bits per heavy atom. The van der Waals surface area contributed by atoms with Gasteiger partial charge in [0.25, 0.3) is 0 Å². The van der Waals surface area contributed by atoms with Gasteiger partial charge in [0.05, 0.1) is 26.1 Å². The lowest BCUT2D eigenvalue weighted by Gasteiger charge is -2.30. The van der Waals surface area contributed by atoms with Gasteiger partial charge in [0.1, 0.15) is 0 Å². The Balaban J connectivity index is 1.74. The van der Waals surface area contributed by atoms with Gasteiger partial charge >= 0.3 is 0 Å². The molecule has 1 saturated carbocycles. The average molecular weight is 197 g/mol. The normalized spacial score (nSPS) is 25.7. The number of nitrogens with zero attached hydrogens (tertiary/aromatic N) is 1. The molecule has 0 N–H and O–H groups in total.